The molecule has 0 unspecified atom stereocenters. The topological polar surface area (TPSA) is 71.3 Å². The largest absolute Gasteiger partial charge is 0.497 e. The summed E-state index contributed by atoms with van der Waals surface area (Å²) in [5, 5.41) is 12.6. The van der Waals surface area contributed by atoms with Crippen molar-refractivity contribution in [2.75, 3.05) is 19.0 Å². The van der Waals surface area contributed by atoms with Gasteiger partial charge in [-0.3, -0.25) is 4.79 Å². The Morgan fingerprint density at radius 3 is 2.96 bits per heavy atom. The molecule has 0 saturated carbocycles. The average Bonchev–Trinajstić information content (AvgIpc) is 2.65. The van der Waals surface area contributed by atoms with Gasteiger partial charge in [-0.2, -0.15) is 5.26 Å². The van der Waals surface area contributed by atoms with Crippen LogP contribution in [0, 0.1) is 11.3 Å². The summed E-state index contributed by atoms with van der Waals surface area (Å²) >= 11 is 6.00. The molecule has 0 aromatic heterocycles. The van der Waals surface area contributed by atoms with Crippen LogP contribution in [0.1, 0.15) is 5.56 Å². The predicted octanol–water partition coefficient (Wildman–Crippen LogP) is 4.21. The highest BCUT2D eigenvalue weighted by Gasteiger charge is 2.14. The lowest BCUT2D eigenvalue weighted by atomic mass is 10.0. The number of rotatable bonds is 4. The molecule has 1 aliphatic heterocycles. The van der Waals surface area contributed by atoms with Crippen LogP contribution in [0.25, 0.3) is 6.08 Å². The van der Waals surface area contributed by atoms with Crippen molar-refractivity contribution in [3.8, 4) is 17.6 Å². The Morgan fingerprint density at radius 2 is 2.19 bits per heavy atom. The van der Waals surface area contributed by atoms with E-state index in [2.05, 4.69) is 5.32 Å². The molecule has 0 saturated heterocycles. The number of nitrogens with zero attached hydrogens (tertiary/aromatic N) is 1. The maximum absolute atomic E-state index is 12.4. The zero-order valence-electron chi connectivity index (χ0n) is 14.0. The van der Waals surface area contributed by atoms with E-state index in [9.17, 15) is 10.1 Å². The zero-order chi connectivity index (χ0) is 18.5. The summed E-state index contributed by atoms with van der Waals surface area (Å²) in [6, 6.07) is 14.1. The second-order valence-corrected chi connectivity index (χ2v) is 5.98. The molecule has 0 radical (unpaired) electrons. The minimum atomic E-state index is -0.501. The fourth-order valence-corrected chi connectivity index (χ4v) is 2.66. The Labute approximate surface area is 156 Å². The van der Waals surface area contributed by atoms with E-state index in [4.69, 9.17) is 21.1 Å². The van der Waals surface area contributed by atoms with Crippen LogP contribution in [0.15, 0.2) is 59.7 Å². The molecule has 1 amide bonds. The maximum Gasteiger partial charge on any atom is 0.266 e. The molecule has 0 aliphatic carbocycles. The molecule has 1 N–H and O–H groups in total. The standard InChI is InChI=1S/C20H15ClN2O3/c1-25-18-4-2-3-17(10-18)23-20(24)15(11-22)8-13-7-14-9-16(21)5-6-19(14)26-12-13/h2-10H,12H2,1H3,(H,23,24)/b15-8-. The van der Waals surface area contributed by atoms with Crippen molar-refractivity contribution >= 4 is 29.3 Å². The van der Waals surface area contributed by atoms with Crippen LogP contribution in [-0.2, 0) is 4.79 Å². The molecule has 0 spiro atoms. The van der Waals surface area contributed by atoms with E-state index in [1.807, 2.05) is 12.1 Å². The van der Waals surface area contributed by atoms with E-state index in [0.29, 0.717) is 27.8 Å². The Hall–Kier alpha value is -3.23. The molecule has 0 fully saturated rings. The summed E-state index contributed by atoms with van der Waals surface area (Å²) in [5.74, 6) is 0.826. The first-order valence-electron chi connectivity index (χ1n) is 7.79. The number of halogens is 1. The van der Waals surface area contributed by atoms with Crippen molar-refractivity contribution in [3.63, 3.8) is 0 Å². The van der Waals surface area contributed by atoms with Crippen molar-refractivity contribution in [2.24, 2.45) is 0 Å². The van der Waals surface area contributed by atoms with Gasteiger partial charge >= 0.3 is 0 Å². The maximum atomic E-state index is 12.4. The highest BCUT2D eigenvalue weighted by Crippen LogP contribution is 2.29. The van der Waals surface area contributed by atoms with Crippen LogP contribution in [0.5, 0.6) is 11.5 Å². The van der Waals surface area contributed by atoms with Crippen molar-refractivity contribution < 1.29 is 14.3 Å². The summed E-state index contributed by atoms with van der Waals surface area (Å²) < 4.78 is 10.8. The van der Waals surface area contributed by atoms with Crippen molar-refractivity contribution in [1.82, 2.24) is 0 Å². The van der Waals surface area contributed by atoms with E-state index in [0.717, 1.165) is 5.56 Å². The van der Waals surface area contributed by atoms with Crippen LogP contribution in [-0.4, -0.2) is 19.6 Å². The minimum absolute atomic E-state index is 0.0202. The zero-order valence-corrected chi connectivity index (χ0v) is 14.7. The second kappa shape index (κ2) is 7.77. The van der Waals surface area contributed by atoms with Crippen LogP contribution in [0.4, 0.5) is 5.69 Å². The van der Waals surface area contributed by atoms with Gasteiger partial charge in [-0.05, 0) is 48.1 Å². The molecule has 1 heterocycles. The van der Waals surface area contributed by atoms with Gasteiger partial charge in [0.1, 0.15) is 29.7 Å². The third-order valence-electron chi connectivity index (χ3n) is 3.73. The van der Waals surface area contributed by atoms with Gasteiger partial charge in [-0.25, -0.2) is 0 Å². The Kier molecular flexibility index (Phi) is 5.26. The molecule has 6 heteroatoms. The number of anilines is 1. The lowest BCUT2D eigenvalue weighted by molar-refractivity contribution is -0.112. The lowest BCUT2D eigenvalue weighted by Crippen LogP contribution is -2.15. The third kappa shape index (κ3) is 4.05. The number of carbonyl (C=O) groups excluding carboxylic acids is 1. The van der Waals surface area contributed by atoms with Crippen LogP contribution in [0.3, 0.4) is 0 Å². The molecule has 26 heavy (non-hydrogen) atoms. The third-order valence-corrected chi connectivity index (χ3v) is 3.96. The molecule has 0 bridgehead atoms. The number of hydrogen-bond acceptors (Lipinski definition) is 4. The van der Waals surface area contributed by atoms with Gasteiger partial charge in [0.25, 0.3) is 5.91 Å². The molecule has 1 aliphatic rings. The molecule has 130 valence electrons. The first-order chi connectivity index (χ1) is 12.6. The lowest BCUT2D eigenvalue weighted by Gasteiger charge is -2.16. The number of nitrogens with one attached hydrogen (secondary N) is 1. The highest BCUT2D eigenvalue weighted by molar-refractivity contribution is 6.30. The first-order valence-corrected chi connectivity index (χ1v) is 8.17. The predicted molar refractivity (Wildman–Crippen MR) is 100 cm³/mol. The normalized spacial score (nSPS) is 13.0. The first kappa shape index (κ1) is 17.6. The Bertz CT molecular complexity index is 958. The van der Waals surface area contributed by atoms with Crippen molar-refractivity contribution in [2.45, 2.75) is 0 Å². The Balaban J connectivity index is 1.82. The number of amides is 1. The van der Waals surface area contributed by atoms with Gasteiger partial charge in [-0.1, -0.05) is 17.7 Å². The molecule has 0 atom stereocenters. The van der Waals surface area contributed by atoms with Gasteiger partial charge in [0.05, 0.1) is 7.11 Å². The smallest absolute Gasteiger partial charge is 0.266 e. The number of benzene rings is 2. The minimum Gasteiger partial charge on any atom is -0.497 e. The van der Waals surface area contributed by atoms with Gasteiger partial charge in [-0.15, -0.1) is 0 Å². The summed E-state index contributed by atoms with van der Waals surface area (Å²) in [4.78, 5) is 12.4. The molecular formula is C20H15ClN2O3. The highest BCUT2D eigenvalue weighted by atomic mass is 35.5. The number of nitriles is 1. The van der Waals surface area contributed by atoms with E-state index in [1.165, 1.54) is 6.08 Å². The van der Waals surface area contributed by atoms with Gasteiger partial charge in [0.15, 0.2) is 0 Å². The number of carbonyl (C=O) groups is 1. The number of fused-ring (bicyclic) bond motifs is 1. The van der Waals surface area contributed by atoms with E-state index >= 15 is 0 Å². The Morgan fingerprint density at radius 1 is 1.35 bits per heavy atom. The fraction of sp³-hybridized carbons (Fsp3) is 0.100. The van der Waals surface area contributed by atoms with Gasteiger partial charge < -0.3 is 14.8 Å². The quantitative estimate of drug-likeness (QED) is 0.649. The molecule has 5 nitrogen and oxygen atoms in total. The van der Waals surface area contributed by atoms with Crippen LogP contribution >= 0.6 is 11.6 Å². The number of ether oxygens (including phenoxy) is 2. The fourth-order valence-electron chi connectivity index (χ4n) is 2.48. The van der Waals surface area contributed by atoms with E-state index in [1.54, 1.807) is 49.6 Å². The van der Waals surface area contributed by atoms with Crippen molar-refractivity contribution in [1.29, 1.82) is 5.26 Å². The van der Waals surface area contributed by atoms with Gasteiger partial charge in [0.2, 0.25) is 0 Å². The van der Waals surface area contributed by atoms with E-state index in [-0.39, 0.29) is 12.2 Å². The monoisotopic (exact) mass is 366 g/mol. The summed E-state index contributed by atoms with van der Waals surface area (Å²) in [7, 11) is 1.54. The van der Waals surface area contributed by atoms with Gasteiger partial charge in [0, 0.05) is 22.3 Å². The average molecular weight is 367 g/mol. The summed E-state index contributed by atoms with van der Waals surface area (Å²) in [6.07, 6.45) is 3.36. The molecule has 2 aromatic rings. The van der Waals surface area contributed by atoms with Crippen LogP contribution in [0.2, 0.25) is 5.02 Å². The number of hydrogen-bond donors (Lipinski definition) is 1. The SMILES string of the molecule is COc1cccc(NC(=O)/C(C#N)=C\C2=Cc3cc(Cl)ccc3OC2)c1. The molecule has 3 rings (SSSR count). The van der Waals surface area contributed by atoms with Crippen LogP contribution < -0.4 is 14.8 Å². The van der Waals surface area contributed by atoms with E-state index < -0.39 is 5.91 Å². The second-order valence-electron chi connectivity index (χ2n) is 5.55. The summed E-state index contributed by atoms with van der Waals surface area (Å²) in [6.45, 7) is 0.270. The molecular weight excluding hydrogens is 352 g/mol. The van der Waals surface area contributed by atoms with Crippen molar-refractivity contribution in [3.05, 3.63) is 70.3 Å². The summed E-state index contributed by atoms with van der Waals surface area (Å²) in [5.41, 5.74) is 2.03. The number of methoxy groups -OCH3 is 1. The molecule has 2 aromatic carbocycles.